The number of phenolic OH excluding ortho intramolecular Hbond substituents is 1. The molecule has 5 aliphatic rings. The molecule has 1 aromatic carbocycles. The van der Waals surface area contributed by atoms with Crippen molar-refractivity contribution < 1.29 is 9.90 Å². The minimum absolute atomic E-state index is 0.124. The van der Waals surface area contributed by atoms with Crippen molar-refractivity contribution in [2.24, 2.45) is 28.3 Å². The molecule has 4 N–H and O–H groups in total. The third-order valence-corrected chi connectivity index (χ3v) is 7.36. The van der Waals surface area contributed by atoms with Crippen LogP contribution in [0.15, 0.2) is 29.4 Å². The highest BCUT2D eigenvalue weighted by Crippen LogP contribution is 2.61. The minimum Gasteiger partial charge on any atom is -0.507 e. The van der Waals surface area contributed by atoms with E-state index >= 15 is 0 Å². The highest BCUT2D eigenvalue weighted by atomic mass is 16.3. The van der Waals surface area contributed by atoms with Crippen LogP contribution in [0, 0.1) is 23.2 Å². The first-order valence-corrected chi connectivity index (χ1v) is 10.2. The van der Waals surface area contributed by atoms with Gasteiger partial charge in [0, 0.05) is 11.6 Å². The molecule has 6 nitrogen and oxygen atoms in total. The topological polar surface area (TPSA) is 85.8 Å². The van der Waals surface area contributed by atoms with E-state index in [0.29, 0.717) is 17.0 Å². The normalized spacial score (nSPS) is 39.9. The van der Waals surface area contributed by atoms with Crippen LogP contribution in [0.1, 0.15) is 50.5 Å². The maximum atomic E-state index is 12.5. The summed E-state index contributed by atoms with van der Waals surface area (Å²) in [5.74, 6) is 2.76. The Labute approximate surface area is 159 Å². The molecule has 27 heavy (non-hydrogen) atoms. The smallest absolute Gasteiger partial charge is 0.258 e. The van der Waals surface area contributed by atoms with Crippen LogP contribution in [0.5, 0.6) is 5.75 Å². The van der Waals surface area contributed by atoms with Gasteiger partial charge in [0.05, 0.1) is 6.21 Å². The van der Waals surface area contributed by atoms with Crippen LogP contribution in [0.3, 0.4) is 0 Å². The monoisotopic (exact) mass is 368 g/mol. The van der Waals surface area contributed by atoms with Crippen molar-refractivity contribution in [2.75, 3.05) is 0 Å². The van der Waals surface area contributed by atoms with Crippen molar-refractivity contribution >= 4 is 12.1 Å². The summed E-state index contributed by atoms with van der Waals surface area (Å²) in [4.78, 5) is 12.5. The van der Waals surface area contributed by atoms with Gasteiger partial charge in [-0.25, -0.2) is 10.9 Å². The van der Waals surface area contributed by atoms with E-state index in [4.69, 9.17) is 0 Å². The van der Waals surface area contributed by atoms with E-state index < -0.39 is 0 Å². The number of phenols is 1. The molecule has 1 heterocycles. The Morgan fingerprint density at radius 2 is 1.74 bits per heavy atom. The van der Waals surface area contributed by atoms with Crippen LogP contribution in [-0.2, 0) is 4.79 Å². The van der Waals surface area contributed by atoms with Crippen molar-refractivity contribution in [1.29, 1.82) is 0 Å². The Morgan fingerprint density at radius 3 is 2.41 bits per heavy atom. The maximum Gasteiger partial charge on any atom is 0.258 e. The zero-order valence-corrected chi connectivity index (χ0v) is 15.5. The second-order valence-electron chi connectivity index (χ2n) is 9.20. The molecule has 144 valence electrons. The van der Waals surface area contributed by atoms with Gasteiger partial charge in [0.25, 0.3) is 5.91 Å². The molecule has 0 aromatic heterocycles. The highest BCUT2D eigenvalue weighted by Gasteiger charge is 2.55. The molecule has 2 atom stereocenters. The zero-order valence-electron chi connectivity index (χ0n) is 15.5. The summed E-state index contributed by atoms with van der Waals surface area (Å²) in [6.07, 6.45) is 10.6. The van der Waals surface area contributed by atoms with Crippen molar-refractivity contribution in [3.63, 3.8) is 0 Å². The molecule has 1 saturated heterocycles. The van der Waals surface area contributed by atoms with E-state index in [9.17, 15) is 9.90 Å². The van der Waals surface area contributed by atoms with E-state index in [-0.39, 0.29) is 17.7 Å². The van der Waals surface area contributed by atoms with E-state index in [1.165, 1.54) is 44.7 Å². The van der Waals surface area contributed by atoms with Gasteiger partial charge in [-0.05, 0) is 80.2 Å². The zero-order chi connectivity index (χ0) is 18.4. The summed E-state index contributed by atoms with van der Waals surface area (Å²) >= 11 is 0. The number of hydrogen-bond acceptors (Lipinski definition) is 5. The number of nitrogens with zero attached hydrogens (tertiary/aromatic N) is 1. The molecule has 4 saturated carbocycles. The molecule has 1 amide bonds. The van der Waals surface area contributed by atoms with Crippen LogP contribution >= 0.6 is 0 Å². The van der Waals surface area contributed by atoms with Crippen molar-refractivity contribution in [3.05, 3.63) is 29.8 Å². The first kappa shape index (κ1) is 17.2. The number of amides is 1. The number of hydrogen-bond donors (Lipinski definition) is 4. The number of carbonyl (C=O) groups excluding carboxylic acids is 1. The van der Waals surface area contributed by atoms with Gasteiger partial charge in [-0.2, -0.15) is 5.10 Å². The Balaban J connectivity index is 1.20. The summed E-state index contributed by atoms with van der Waals surface area (Å²) in [7, 11) is 0. The maximum absolute atomic E-state index is 12.5. The lowest BCUT2D eigenvalue weighted by Crippen LogP contribution is -2.55. The summed E-state index contributed by atoms with van der Waals surface area (Å²) in [5.41, 5.74) is 10.2. The lowest BCUT2D eigenvalue weighted by molar-refractivity contribution is -0.123. The molecule has 1 aromatic rings. The largest absolute Gasteiger partial charge is 0.507 e. The number of carbonyl (C=O) groups is 1. The predicted molar refractivity (Wildman–Crippen MR) is 103 cm³/mol. The van der Waals surface area contributed by atoms with Crippen molar-refractivity contribution in [1.82, 2.24) is 16.3 Å². The first-order chi connectivity index (χ1) is 13.1. The van der Waals surface area contributed by atoms with Gasteiger partial charge in [-0.15, -0.1) is 0 Å². The third-order valence-electron chi connectivity index (χ3n) is 7.36. The Morgan fingerprint density at radius 1 is 1.07 bits per heavy atom. The number of hydrazone groups is 1. The quantitative estimate of drug-likeness (QED) is 0.485. The summed E-state index contributed by atoms with van der Waals surface area (Å²) in [6, 6.07) is 7.05. The Bertz CT molecular complexity index is 727. The standard InChI is InChI=1S/C21H28N4O2/c26-18-4-2-1-3-16(18)12-22-25-20(27)17-8-19(24-23-17)21-9-13-5-14(10-21)7-15(6-13)11-21/h1-4,12-15,17,19,23-24,26H,5-11H2,(H,25,27)/b22-12+. The van der Waals surface area contributed by atoms with Gasteiger partial charge in [-0.3, -0.25) is 10.2 Å². The number of aromatic hydroxyl groups is 1. The van der Waals surface area contributed by atoms with E-state index in [1.807, 2.05) is 6.07 Å². The molecule has 6 rings (SSSR count). The molecule has 6 heteroatoms. The van der Waals surface area contributed by atoms with Gasteiger partial charge in [0.2, 0.25) is 0 Å². The van der Waals surface area contributed by atoms with Crippen LogP contribution < -0.4 is 16.3 Å². The fraction of sp³-hybridized carbons (Fsp3) is 0.619. The van der Waals surface area contributed by atoms with E-state index in [0.717, 1.165) is 24.2 Å². The predicted octanol–water partition coefficient (Wildman–Crippen LogP) is 2.29. The molecule has 0 spiro atoms. The molecule has 4 bridgehead atoms. The number of benzene rings is 1. The second kappa shape index (κ2) is 6.60. The van der Waals surface area contributed by atoms with Crippen LogP contribution in [0.2, 0.25) is 0 Å². The molecule has 5 fully saturated rings. The summed E-state index contributed by atoms with van der Waals surface area (Å²) < 4.78 is 0. The summed E-state index contributed by atoms with van der Waals surface area (Å²) in [6.45, 7) is 0. The number of para-hydroxylation sites is 1. The number of rotatable bonds is 4. The lowest BCUT2D eigenvalue weighted by Gasteiger charge is -2.59. The van der Waals surface area contributed by atoms with Crippen LogP contribution in [0.25, 0.3) is 0 Å². The SMILES string of the molecule is O=C(N/N=C/c1ccccc1O)C1CC(C23CC4CC(CC(C4)C2)C3)NN1. The fourth-order valence-electron chi connectivity index (χ4n) is 6.57. The van der Waals surface area contributed by atoms with Gasteiger partial charge < -0.3 is 5.11 Å². The average Bonchev–Trinajstić information content (AvgIpc) is 3.13. The third kappa shape index (κ3) is 3.15. The average molecular weight is 368 g/mol. The van der Waals surface area contributed by atoms with Crippen LogP contribution in [0.4, 0.5) is 0 Å². The van der Waals surface area contributed by atoms with Gasteiger partial charge in [0.15, 0.2) is 0 Å². The van der Waals surface area contributed by atoms with Crippen molar-refractivity contribution in [3.8, 4) is 5.75 Å². The van der Waals surface area contributed by atoms with Gasteiger partial charge >= 0.3 is 0 Å². The Hall–Kier alpha value is -1.92. The molecular formula is C21H28N4O2. The van der Waals surface area contributed by atoms with E-state index in [2.05, 4.69) is 21.4 Å². The van der Waals surface area contributed by atoms with Gasteiger partial charge in [0.1, 0.15) is 11.8 Å². The molecule has 2 unspecified atom stereocenters. The fourth-order valence-corrected chi connectivity index (χ4v) is 6.57. The van der Waals surface area contributed by atoms with E-state index in [1.54, 1.807) is 18.2 Å². The molecular weight excluding hydrogens is 340 g/mol. The second-order valence-corrected chi connectivity index (χ2v) is 9.20. The van der Waals surface area contributed by atoms with Crippen LogP contribution in [-0.4, -0.2) is 29.3 Å². The molecule has 0 radical (unpaired) electrons. The van der Waals surface area contributed by atoms with Crippen molar-refractivity contribution in [2.45, 2.75) is 57.0 Å². The minimum atomic E-state index is -0.260. The van der Waals surface area contributed by atoms with Gasteiger partial charge in [-0.1, -0.05) is 12.1 Å². The number of nitrogens with one attached hydrogen (secondary N) is 3. The summed E-state index contributed by atoms with van der Waals surface area (Å²) in [5, 5.41) is 13.8. The first-order valence-electron chi connectivity index (χ1n) is 10.2. The Kier molecular flexibility index (Phi) is 4.20. The lowest BCUT2D eigenvalue weighted by atomic mass is 9.47. The number of hydrazine groups is 1. The molecule has 4 aliphatic carbocycles. The highest BCUT2D eigenvalue weighted by molar-refractivity contribution is 5.86. The molecule has 1 aliphatic heterocycles.